The van der Waals surface area contributed by atoms with Crippen molar-refractivity contribution in [2.24, 2.45) is 10.7 Å². The molecule has 64 valence electrons. The molecule has 0 bridgehead atoms. The van der Waals surface area contributed by atoms with Crippen molar-refractivity contribution in [2.75, 3.05) is 20.6 Å². The first-order valence-corrected chi connectivity index (χ1v) is 3.56. The minimum Gasteiger partial charge on any atom is -0.387 e. The van der Waals surface area contributed by atoms with E-state index in [0.717, 1.165) is 0 Å². The zero-order valence-corrected chi connectivity index (χ0v) is 7.29. The standard InChI is InChI=1S/C7H15N3O/c1-4-6(8)9-5-7(11)10(2)3/h4-5H2,1-3H3,(H2,8,9). The molecule has 0 aliphatic carbocycles. The number of hydrogen-bond donors (Lipinski definition) is 1. The number of hydrogen-bond acceptors (Lipinski definition) is 2. The quantitative estimate of drug-likeness (QED) is 0.457. The van der Waals surface area contributed by atoms with Crippen LogP contribution in [0.25, 0.3) is 0 Å². The van der Waals surface area contributed by atoms with Gasteiger partial charge >= 0.3 is 0 Å². The highest BCUT2D eigenvalue weighted by Gasteiger charge is 2.00. The third kappa shape index (κ3) is 4.36. The molecular formula is C7H15N3O. The van der Waals surface area contributed by atoms with Crippen LogP contribution in [0.5, 0.6) is 0 Å². The van der Waals surface area contributed by atoms with Gasteiger partial charge in [-0.25, -0.2) is 0 Å². The van der Waals surface area contributed by atoms with Crippen molar-refractivity contribution in [3.8, 4) is 0 Å². The third-order valence-electron chi connectivity index (χ3n) is 1.28. The number of amidine groups is 1. The molecule has 0 unspecified atom stereocenters. The lowest BCUT2D eigenvalue weighted by molar-refractivity contribution is -0.127. The topological polar surface area (TPSA) is 58.7 Å². The van der Waals surface area contributed by atoms with Crippen molar-refractivity contribution in [1.82, 2.24) is 4.90 Å². The van der Waals surface area contributed by atoms with Crippen molar-refractivity contribution < 1.29 is 4.79 Å². The van der Waals surface area contributed by atoms with Crippen molar-refractivity contribution in [3.05, 3.63) is 0 Å². The highest BCUT2D eigenvalue weighted by Crippen LogP contribution is 1.82. The van der Waals surface area contributed by atoms with Crippen LogP contribution in [0.15, 0.2) is 4.99 Å². The number of aliphatic imine (C=N–C) groups is 1. The van der Waals surface area contributed by atoms with Gasteiger partial charge in [0.2, 0.25) is 5.91 Å². The van der Waals surface area contributed by atoms with E-state index >= 15 is 0 Å². The molecule has 11 heavy (non-hydrogen) atoms. The monoisotopic (exact) mass is 157 g/mol. The molecule has 0 spiro atoms. The van der Waals surface area contributed by atoms with Crippen molar-refractivity contribution in [1.29, 1.82) is 0 Å². The summed E-state index contributed by atoms with van der Waals surface area (Å²) in [5.74, 6) is 0.501. The molecule has 0 aliphatic heterocycles. The minimum atomic E-state index is -0.0265. The molecule has 4 heteroatoms. The molecule has 0 atom stereocenters. The van der Waals surface area contributed by atoms with Crippen molar-refractivity contribution in [2.45, 2.75) is 13.3 Å². The smallest absolute Gasteiger partial charge is 0.243 e. The molecule has 1 amide bonds. The second kappa shape index (κ2) is 4.71. The van der Waals surface area contributed by atoms with Gasteiger partial charge in [0.15, 0.2) is 0 Å². The Morgan fingerprint density at radius 1 is 1.55 bits per heavy atom. The van der Waals surface area contributed by atoms with Gasteiger partial charge in [0.05, 0.1) is 5.84 Å². The average Bonchev–Trinajstić information content (AvgIpc) is 1.99. The molecule has 0 heterocycles. The van der Waals surface area contributed by atoms with Crippen molar-refractivity contribution in [3.63, 3.8) is 0 Å². The predicted octanol–water partition coefficient (Wildman–Crippen LogP) is -0.158. The summed E-state index contributed by atoms with van der Waals surface area (Å²) < 4.78 is 0. The Labute approximate surface area is 67.1 Å². The number of likely N-dealkylation sites (N-methyl/N-ethyl adjacent to an activating group) is 1. The summed E-state index contributed by atoms with van der Waals surface area (Å²) in [4.78, 5) is 16.3. The molecule has 2 N–H and O–H groups in total. The van der Waals surface area contributed by atoms with E-state index in [1.54, 1.807) is 14.1 Å². The summed E-state index contributed by atoms with van der Waals surface area (Å²) in [5.41, 5.74) is 5.40. The number of amides is 1. The molecule has 0 saturated heterocycles. The molecule has 0 aromatic rings. The van der Waals surface area contributed by atoms with Gasteiger partial charge in [-0.3, -0.25) is 9.79 Å². The Morgan fingerprint density at radius 3 is 2.45 bits per heavy atom. The zero-order valence-electron chi connectivity index (χ0n) is 7.29. The summed E-state index contributed by atoms with van der Waals surface area (Å²) in [6.45, 7) is 2.06. The van der Waals surface area contributed by atoms with E-state index < -0.39 is 0 Å². The van der Waals surface area contributed by atoms with E-state index in [1.807, 2.05) is 6.92 Å². The average molecular weight is 157 g/mol. The Morgan fingerprint density at radius 2 is 2.09 bits per heavy atom. The van der Waals surface area contributed by atoms with Crippen LogP contribution in [0.1, 0.15) is 13.3 Å². The van der Waals surface area contributed by atoms with E-state index in [2.05, 4.69) is 4.99 Å². The highest BCUT2D eigenvalue weighted by atomic mass is 16.2. The van der Waals surface area contributed by atoms with Gasteiger partial charge in [0.25, 0.3) is 0 Å². The van der Waals surface area contributed by atoms with Crippen LogP contribution in [0.4, 0.5) is 0 Å². The van der Waals surface area contributed by atoms with Crippen LogP contribution in [-0.4, -0.2) is 37.3 Å². The number of nitrogens with two attached hydrogens (primary N) is 1. The Bertz CT molecular complexity index is 163. The number of nitrogens with zero attached hydrogens (tertiary/aromatic N) is 2. The van der Waals surface area contributed by atoms with Crippen LogP contribution in [0.2, 0.25) is 0 Å². The van der Waals surface area contributed by atoms with E-state index in [9.17, 15) is 4.79 Å². The molecule has 0 aliphatic rings. The van der Waals surface area contributed by atoms with Gasteiger partial charge in [0, 0.05) is 20.5 Å². The molecular weight excluding hydrogens is 142 g/mol. The van der Waals surface area contributed by atoms with Crippen LogP contribution in [-0.2, 0) is 4.79 Å². The molecule has 0 radical (unpaired) electrons. The lowest BCUT2D eigenvalue weighted by Crippen LogP contribution is -2.25. The molecule has 0 rings (SSSR count). The summed E-state index contributed by atoms with van der Waals surface area (Å²) >= 11 is 0. The van der Waals surface area contributed by atoms with Gasteiger partial charge in [-0.1, -0.05) is 6.92 Å². The van der Waals surface area contributed by atoms with E-state index in [-0.39, 0.29) is 12.5 Å². The SMILES string of the molecule is CCC(N)=NCC(=O)N(C)C. The maximum Gasteiger partial charge on any atom is 0.243 e. The normalized spacial score (nSPS) is 11.4. The summed E-state index contributed by atoms with van der Waals surface area (Å²) in [5, 5.41) is 0. The minimum absolute atomic E-state index is 0.0265. The number of carbonyl (C=O) groups is 1. The van der Waals surface area contributed by atoms with Gasteiger partial charge in [-0.05, 0) is 0 Å². The number of carbonyl (C=O) groups excluding carboxylic acids is 1. The summed E-state index contributed by atoms with van der Waals surface area (Å²) in [7, 11) is 3.39. The van der Waals surface area contributed by atoms with Gasteiger partial charge in [-0.15, -0.1) is 0 Å². The first-order chi connectivity index (χ1) is 5.07. The van der Waals surface area contributed by atoms with Gasteiger partial charge < -0.3 is 10.6 Å². The zero-order chi connectivity index (χ0) is 8.85. The maximum absolute atomic E-state index is 10.9. The van der Waals surface area contributed by atoms with Crippen LogP contribution >= 0.6 is 0 Å². The fraction of sp³-hybridized carbons (Fsp3) is 0.714. The first kappa shape index (κ1) is 9.94. The Hall–Kier alpha value is -1.06. The number of rotatable bonds is 3. The van der Waals surface area contributed by atoms with E-state index in [0.29, 0.717) is 12.3 Å². The third-order valence-corrected chi connectivity index (χ3v) is 1.28. The van der Waals surface area contributed by atoms with Gasteiger partial charge in [-0.2, -0.15) is 0 Å². The lowest BCUT2D eigenvalue weighted by atomic mass is 10.4. The van der Waals surface area contributed by atoms with E-state index in [1.165, 1.54) is 4.90 Å². The summed E-state index contributed by atoms with van der Waals surface area (Å²) in [6, 6.07) is 0. The predicted molar refractivity (Wildman–Crippen MR) is 45.5 cm³/mol. The second-order valence-corrected chi connectivity index (χ2v) is 2.45. The van der Waals surface area contributed by atoms with Crippen LogP contribution in [0, 0.1) is 0 Å². The molecule has 0 aromatic heterocycles. The van der Waals surface area contributed by atoms with Crippen LogP contribution < -0.4 is 5.73 Å². The van der Waals surface area contributed by atoms with Crippen LogP contribution in [0.3, 0.4) is 0 Å². The fourth-order valence-corrected chi connectivity index (χ4v) is 0.422. The molecule has 0 fully saturated rings. The fourth-order valence-electron chi connectivity index (χ4n) is 0.422. The van der Waals surface area contributed by atoms with E-state index in [4.69, 9.17) is 5.73 Å². The second-order valence-electron chi connectivity index (χ2n) is 2.45. The lowest BCUT2D eigenvalue weighted by Gasteiger charge is -2.07. The Kier molecular flexibility index (Phi) is 4.26. The summed E-state index contributed by atoms with van der Waals surface area (Å²) in [6.07, 6.45) is 0.695. The molecule has 4 nitrogen and oxygen atoms in total. The maximum atomic E-state index is 10.9. The largest absolute Gasteiger partial charge is 0.387 e. The Balaban J connectivity index is 3.78. The first-order valence-electron chi connectivity index (χ1n) is 3.56. The molecule has 0 saturated carbocycles. The molecule has 0 aromatic carbocycles. The highest BCUT2D eigenvalue weighted by molar-refractivity contribution is 5.84. The van der Waals surface area contributed by atoms with Gasteiger partial charge in [0.1, 0.15) is 6.54 Å². The van der Waals surface area contributed by atoms with Crippen molar-refractivity contribution >= 4 is 11.7 Å².